The van der Waals surface area contributed by atoms with Crippen LogP contribution in [0.5, 0.6) is 0 Å². The van der Waals surface area contributed by atoms with Crippen molar-refractivity contribution in [1.29, 1.82) is 0 Å². The number of hydrogen-bond acceptors (Lipinski definition) is 3. The van der Waals surface area contributed by atoms with Crippen molar-refractivity contribution in [2.24, 2.45) is 10.4 Å². The van der Waals surface area contributed by atoms with Crippen LogP contribution in [0.2, 0.25) is 0 Å². The van der Waals surface area contributed by atoms with Gasteiger partial charge in [-0.15, -0.1) is 24.0 Å². The highest BCUT2D eigenvalue weighted by Gasteiger charge is 2.31. The Bertz CT molecular complexity index is 760. The number of guanidine groups is 1. The zero-order valence-corrected chi connectivity index (χ0v) is 21.0. The number of benzene rings is 1. The summed E-state index contributed by atoms with van der Waals surface area (Å²) >= 11 is 0. The van der Waals surface area contributed by atoms with Gasteiger partial charge in [0.15, 0.2) is 5.96 Å². The van der Waals surface area contributed by atoms with Gasteiger partial charge in [0.1, 0.15) is 0 Å². The molecule has 3 N–H and O–H groups in total. The van der Waals surface area contributed by atoms with Crippen LogP contribution in [0.1, 0.15) is 61.9 Å². The zero-order chi connectivity index (χ0) is 21.4. The molecule has 2 fully saturated rings. The highest BCUT2D eigenvalue weighted by atomic mass is 127. The maximum Gasteiger partial charge on any atom is 0.254 e. The SMILES string of the molecule is CCNC(=NCc1ccc(C(=O)N2CCNC(=O)C2)cc1)NCC1(CC)CCCC1.I. The molecule has 0 aromatic heterocycles. The summed E-state index contributed by atoms with van der Waals surface area (Å²) in [4.78, 5) is 30.4. The van der Waals surface area contributed by atoms with Crippen molar-refractivity contribution in [2.45, 2.75) is 52.5 Å². The van der Waals surface area contributed by atoms with Gasteiger partial charge in [0.2, 0.25) is 5.91 Å². The van der Waals surface area contributed by atoms with E-state index in [9.17, 15) is 9.59 Å². The molecule has 1 aliphatic carbocycles. The Kier molecular flexibility index (Phi) is 10.1. The van der Waals surface area contributed by atoms with E-state index in [1.807, 2.05) is 24.3 Å². The van der Waals surface area contributed by atoms with Crippen LogP contribution in [0.15, 0.2) is 29.3 Å². The van der Waals surface area contributed by atoms with E-state index in [0.717, 1.165) is 24.6 Å². The number of amides is 2. The van der Waals surface area contributed by atoms with Crippen LogP contribution in [0.25, 0.3) is 0 Å². The molecule has 0 bridgehead atoms. The molecule has 1 saturated heterocycles. The number of piperazine rings is 1. The van der Waals surface area contributed by atoms with Gasteiger partial charge in [0, 0.05) is 31.7 Å². The fraction of sp³-hybridized carbons (Fsp3) is 0.609. The fourth-order valence-electron chi connectivity index (χ4n) is 4.31. The minimum Gasteiger partial charge on any atom is -0.357 e. The van der Waals surface area contributed by atoms with Crippen molar-refractivity contribution in [2.75, 3.05) is 32.7 Å². The number of carbonyl (C=O) groups is 2. The van der Waals surface area contributed by atoms with E-state index in [0.29, 0.717) is 30.6 Å². The van der Waals surface area contributed by atoms with Gasteiger partial charge in [0.25, 0.3) is 5.91 Å². The lowest BCUT2D eigenvalue weighted by Gasteiger charge is -2.28. The van der Waals surface area contributed by atoms with Crippen LogP contribution >= 0.6 is 24.0 Å². The first kappa shape index (κ1) is 25.4. The molecule has 1 aliphatic heterocycles. The number of aliphatic imine (C=N–C) groups is 1. The zero-order valence-electron chi connectivity index (χ0n) is 18.7. The Hall–Kier alpha value is -1.84. The molecule has 0 spiro atoms. The lowest BCUT2D eigenvalue weighted by Crippen LogP contribution is -2.49. The van der Waals surface area contributed by atoms with E-state index >= 15 is 0 Å². The maximum atomic E-state index is 12.6. The quantitative estimate of drug-likeness (QED) is 0.282. The molecule has 3 rings (SSSR count). The second kappa shape index (κ2) is 12.3. The second-order valence-electron chi connectivity index (χ2n) is 8.38. The normalized spacial score (nSPS) is 18.2. The molecule has 1 heterocycles. The lowest BCUT2D eigenvalue weighted by atomic mass is 9.83. The lowest BCUT2D eigenvalue weighted by molar-refractivity contribution is -0.123. The molecule has 8 heteroatoms. The first-order valence-electron chi connectivity index (χ1n) is 11.2. The predicted octanol–water partition coefficient (Wildman–Crippen LogP) is 2.90. The standard InChI is InChI=1S/C23H35N5O2.HI/c1-3-23(11-5-6-12-23)17-27-22(24-4-2)26-15-18-7-9-19(10-8-18)21(30)28-14-13-25-20(29)16-28;/h7-10H,3-6,11-17H2,1-2H3,(H,25,29)(H2,24,26,27);1H. The molecule has 2 aliphatic rings. The molecule has 1 aromatic carbocycles. The second-order valence-corrected chi connectivity index (χ2v) is 8.38. The molecule has 31 heavy (non-hydrogen) atoms. The van der Waals surface area contributed by atoms with E-state index < -0.39 is 0 Å². The summed E-state index contributed by atoms with van der Waals surface area (Å²) in [6.45, 7) is 7.88. The summed E-state index contributed by atoms with van der Waals surface area (Å²) in [5, 5.41) is 9.62. The van der Waals surface area contributed by atoms with Crippen LogP contribution < -0.4 is 16.0 Å². The molecule has 172 valence electrons. The fourth-order valence-corrected chi connectivity index (χ4v) is 4.31. The van der Waals surface area contributed by atoms with E-state index in [4.69, 9.17) is 4.99 Å². The molecule has 0 atom stereocenters. The van der Waals surface area contributed by atoms with E-state index in [2.05, 4.69) is 29.8 Å². The van der Waals surface area contributed by atoms with Crippen molar-refractivity contribution < 1.29 is 9.59 Å². The van der Waals surface area contributed by atoms with E-state index in [1.165, 1.54) is 32.1 Å². The molecule has 2 amide bonds. The van der Waals surface area contributed by atoms with Gasteiger partial charge in [-0.2, -0.15) is 0 Å². The van der Waals surface area contributed by atoms with Crippen molar-refractivity contribution >= 4 is 41.8 Å². The van der Waals surface area contributed by atoms with Gasteiger partial charge in [0.05, 0.1) is 13.1 Å². The molecule has 7 nitrogen and oxygen atoms in total. The topological polar surface area (TPSA) is 85.8 Å². The maximum absolute atomic E-state index is 12.6. The van der Waals surface area contributed by atoms with Crippen LogP contribution in [0.4, 0.5) is 0 Å². The van der Waals surface area contributed by atoms with Gasteiger partial charge in [-0.05, 0) is 49.3 Å². The summed E-state index contributed by atoms with van der Waals surface area (Å²) in [6, 6.07) is 7.53. The van der Waals surface area contributed by atoms with Gasteiger partial charge >= 0.3 is 0 Å². The largest absolute Gasteiger partial charge is 0.357 e. The Labute approximate surface area is 202 Å². The Morgan fingerprint density at radius 2 is 1.87 bits per heavy atom. The molecule has 0 radical (unpaired) electrons. The minimum absolute atomic E-state index is 0. The number of carbonyl (C=O) groups excluding carboxylic acids is 2. The Balaban J connectivity index is 0.00000341. The summed E-state index contributed by atoms with van der Waals surface area (Å²) < 4.78 is 0. The highest BCUT2D eigenvalue weighted by molar-refractivity contribution is 14.0. The predicted molar refractivity (Wildman–Crippen MR) is 135 cm³/mol. The highest BCUT2D eigenvalue weighted by Crippen LogP contribution is 2.40. The van der Waals surface area contributed by atoms with E-state index in [1.54, 1.807) is 4.90 Å². The van der Waals surface area contributed by atoms with Crippen molar-refractivity contribution in [3.63, 3.8) is 0 Å². The molecule has 1 saturated carbocycles. The van der Waals surface area contributed by atoms with Gasteiger partial charge in [-0.25, -0.2) is 4.99 Å². The first-order valence-corrected chi connectivity index (χ1v) is 11.2. The van der Waals surface area contributed by atoms with Crippen molar-refractivity contribution in [1.82, 2.24) is 20.9 Å². The van der Waals surface area contributed by atoms with Crippen molar-refractivity contribution in [3.8, 4) is 0 Å². The van der Waals surface area contributed by atoms with Crippen LogP contribution in [0, 0.1) is 5.41 Å². The van der Waals surface area contributed by atoms with Crippen LogP contribution in [-0.4, -0.2) is 55.4 Å². The number of nitrogens with zero attached hydrogens (tertiary/aromatic N) is 2. The molecule has 0 unspecified atom stereocenters. The molecular formula is C23H36IN5O2. The number of hydrogen-bond donors (Lipinski definition) is 3. The molecule has 1 aromatic rings. The smallest absolute Gasteiger partial charge is 0.254 e. The third-order valence-corrected chi connectivity index (χ3v) is 6.34. The van der Waals surface area contributed by atoms with Crippen LogP contribution in [0.3, 0.4) is 0 Å². The third kappa shape index (κ3) is 7.08. The first-order chi connectivity index (χ1) is 14.5. The summed E-state index contributed by atoms with van der Waals surface area (Å²) in [5.41, 5.74) is 2.06. The third-order valence-electron chi connectivity index (χ3n) is 6.34. The Morgan fingerprint density at radius 1 is 1.16 bits per heavy atom. The summed E-state index contributed by atoms with van der Waals surface area (Å²) in [6.07, 6.45) is 6.45. The van der Waals surface area contributed by atoms with Crippen LogP contribution in [-0.2, 0) is 11.3 Å². The Morgan fingerprint density at radius 3 is 2.48 bits per heavy atom. The number of rotatable bonds is 7. The minimum atomic E-state index is -0.105. The number of nitrogens with one attached hydrogen (secondary N) is 3. The monoisotopic (exact) mass is 541 g/mol. The molecular weight excluding hydrogens is 505 g/mol. The van der Waals surface area contributed by atoms with Crippen molar-refractivity contribution in [3.05, 3.63) is 35.4 Å². The average Bonchev–Trinajstić information content (AvgIpc) is 3.25. The average molecular weight is 541 g/mol. The van der Waals surface area contributed by atoms with E-state index in [-0.39, 0.29) is 42.3 Å². The van der Waals surface area contributed by atoms with Gasteiger partial charge in [-0.1, -0.05) is 31.9 Å². The van der Waals surface area contributed by atoms with Gasteiger partial charge < -0.3 is 20.9 Å². The summed E-state index contributed by atoms with van der Waals surface area (Å²) in [5.74, 6) is 0.638. The van der Waals surface area contributed by atoms with Gasteiger partial charge in [-0.3, -0.25) is 9.59 Å². The number of halogens is 1. The summed E-state index contributed by atoms with van der Waals surface area (Å²) in [7, 11) is 0.